The highest BCUT2D eigenvalue weighted by molar-refractivity contribution is 6.06. The molecule has 1 aliphatic heterocycles. The van der Waals surface area contributed by atoms with Crippen molar-refractivity contribution in [3.8, 4) is 11.5 Å². The molecule has 29 heavy (non-hydrogen) atoms. The summed E-state index contributed by atoms with van der Waals surface area (Å²) < 4.78 is 11.3. The number of carbonyl (C=O) groups excluding carboxylic acids is 2. The van der Waals surface area contributed by atoms with Gasteiger partial charge in [0.2, 0.25) is 5.91 Å². The van der Waals surface area contributed by atoms with Crippen LogP contribution in [-0.2, 0) is 16.1 Å². The minimum absolute atomic E-state index is 0.136. The van der Waals surface area contributed by atoms with E-state index in [-0.39, 0.29) is 11.8 Å². The molecule has 154 valence electrons. The Morgan fingerprint density at radius 3 is 2.66 bits per heavy atom. The number of hydrogen-bond acceptors (Lipinski definition) is 4. The zero-order valence-corrected chi connectivity index (χ0v) is 17.5. The van der Waals surface area contributed by atoms with E-state index < -0.39 is 6.04 Å². The molecular weight excluding hydrogens is 368 g/mol. The first kappa shape index (κ1) is 20.7. The van der Waals surface area contributed by atoms with Gasteiger partial charge in [-0.1, -0.05) is 37.1 Å². The van der Waals surface area contributed by atoms with Crippen LogP contribution in [0.25, 0.3) is 0 Å². The third kappa shape index (κ3) is 4.53. The van der Waals surface area contributed by atoms with E-state index in [0.717, 1.165) is 35.2 Å². The van der Waals surface area contributed by atoms with E-state index in [0.29, 0.717) is 24.7 Å². The molecule has 0 saturated heterocycles. The topological polar surface area (TPSA) is 67.9 Å². The maximum absolute atomic E-state index is 13.1. The number of fused-ring (bicyclic) bond motifs is 1. The molecule has 0 bridgehead atoms. The zero-order valence-electron chi connectivity index (χ0n) is 17.5. The summed E-state index contributed by atoms with van der Waals surface area (Å²) in [4.78, 5) is 26.4. The van der Waals surface area contributed by atoms with Crippen molar-refractivity contribution in [2.45, 2.75) is 46.2 Å². The molecule has 1 N–H and O–H groups in total. The van der Waals surface area contributed by atoms with Gasteiger partial charge in [0.15, 0.2) is 11.5 Å². The second kappa shape index (κ2) is 8.99. The Morgan fingerprint density at radius 2 is 1.97 bits per heavy atom. The Bertz CT molecular complexity index is 910. The molecule has 0 radical (unpaired) electrons. The van der Waals surface area contributed by atoms with Crippen molar-refractivity contribution in [3.63, 3.8) is 0 Å². The van der Waals surface area contributed by atoms with Gasteiger partial charge in [0.1, 0.15) is 6.04 Å². The van der Waals surface area contributed by atoms with Crippen molar-refractivity contribution in [2.24, 2.45) is 0 Å². The minimum Gasteiger partial charge on any atom is -0.493 e. The normalized spacial score (nSPS) is 15.2. The lowest BCUT2D eigenvalue weighted by Gasteiger charge is -2.19. The summed E-state index contributed by atoms with van der Waals surface area (Å²) in [6.45, 7) is 6.54. The van der Waals surface area contributed by atoms with Gasteiger partial charge in [-0.05, 0) is 37.1 Å². The number of methoxy groups -OCH3 is 1. The van der Waals surface area contributed by atoms with Crippen molar-refractivity contribution in [3.05, 3.63) is 53.1 Å². The van der Waals surface area contributed by atoms with E-state index in [9.17, 15) is 9.59 Å². The van der Waals surface area contributed by atoms with Crippen LogP contribution in [0.2, 0.25) is 0 Å². The number of amides is 2. The van der Waals surface area contributed by atoms with Crippen LogP contribution in [0, 0.1) is 6.92 Å². The summed E-state index contributed by atoms with van der Waals surface area (Å²) in [5.74, 6) is 0.980. The molecule has 0 aromatic heterocycles. The third-order valence-electron chi connectivity index (χ3n) is 4.97. The standard InChI is InChI=1S/C23H28N2O4/c1-5-6-11-29-20-10-8-17(13-21(20)28-4)14-25-19-9-7-15(2)12-18(19)22(23(25)27)24-16(3)26/h7-10,12-13,22H,5-6,11,14H2,1-4H3,(H,24,26)/t22-/m0/s1. The van der Waals surface area contributed by atoms with E-state index >= 15 is 0 Å². The SMILES string of the molecule is CCCCOc1ccc(CN2C(=O)[C@@H](NC(C)=O)c3cc(C)ccc32)cc1OC. The van der Waals surface area contributed by atoms with Gasteiger partial charge in [-0.2, -0.15) is 0 Å². The quantitative estimate of drug-likeness (QED) is 0.687. The highest BCUT2D eigenvalue weighted by Crippen LogP contribution is 2.38. The predicted molar refractivity (Wildman–Crippen MR) is 112 cm³/mol. The van der Waals surface area contributed by atoms with Gasteiger partial charge in [-0.15, -0.1) is 0 Å². The van der Waals surface area contributed by atoms with Crippen LogP contribution in [0.4, 0.5) is 5.69 Å². The summed E-state index contributed by atoms with van der Waals surface area (Å²) in [5, 5.41) is 2.78. The largest absolute Gasteiger partial charge is 0.493 e. The Balaban J connectivity index is 1.86. The van der Waals surface area contributed by atoms with Crippen LogP contribution >= 0.6 is 0 Å². The molecule has 1 aliphatic rings. The molecule has 0 spiro atoms. The van der Waals surface area contributed by atoms with Gasteiger partial charge in [0.05, 0.1) is 20.3 Å². The smallest absolute Gasteiger partial charge is 0.254 e. The molecule has 0 unspecified atom stereocenters. The summed E-state index contributed by atoms with van der Waals surface area (Å²) in [7, 11) is 1.61. The van der Waals surface area contributed by atoms with Crippen LogP contribution in [0.1, 0.15) is 49.4 Å². The number of nitrogens with one attached hydrogen (secondary N) is 1. The van der Waals surface area contributed by atoms with Crippen molar-refractivity contribution >= 4 is 17.5 Å². The van der Waals surface area contributed by atoms with Gasteiger partial charge in [-0.3, -0.25) is 9.59 Å². The fourth-order valence-corrected chi connectivity index (χ4v) is 3.50. The molecule has 6 heteroatoms. The van der Waals surface area contributed by atoms with E-state index in [1.54, 1.807) is 12.0 Å². The second-order valence-corrected chi connectivity index (χ2v) is 7.31. The molecule has 1 heterocycles. The molecule has 2 aromatic rings. The number of rotatable bonds is 8. The number of anilines is 1. The van der Waals surface area contributed by atoms with Gasteiger partial charge in [0.25, 0.3) is 5.91 Å². The maximum atomic E-state index is 13.1. The van der Waals surface area contributed by atoms with Crippen LogP contribution in [0.5, 0.6) is 11.5 Å². The van der Waals surface area contributed by atoms with Crippen LogP contribution in [-0.4, -0.2) is 25.5 Å². The number of nitrogens with zero attached hydrogens (tertiary/aromatic N) is 1. The molecule has 0 saturated carbocycles. The van der Waals surface area contributed by atoms with Crippen molar-refractivity contribution in [1.29, 1.82) is 0 Å². The Morgan fingerprint density at radius 1 is 1.17 bits per heavy atom. The first-order valence-electron chi connectivity index (χ1n) is 9.93. The molecule has 0 fully saturated rings. The first-order valence-corrected chi connectivity index (χ1v) is 9.93. The Kier molecular flexibility index (Phi) is 6.42. The summed E-state index contributed by atoms with van der Waals surface area (Å²) in [6, 6.07) is 10.9. The highest BCUT2D eigenvalue weighted by Gasteiger charge is 2.37. The number of carbonyl (C=O) groups is 2. The second-order valence-electron chi connectivity index (χ2n) is 7.31. The average Bonchev–Trinajstić information content (AvgIpc) is 2.93. The van der Waals surface area contributed by atoms with Crippen LogP contribution < -0.4 is 19.7 Å². The zero-order chi connectivity index (χ0) is 21.0. The fourth-order valence-electron chi connectivity index (χ4n) is 3.50. The van der Waals surface area contributed by atoms with Gasteiger partial charge in [0, 0.05) is 18.2 Å². The first-order chi connectivity index (χ1) is 13.9. The van der Waals surface area contributed by atoms with Gasteiger partial charge < -0.3 is 19.7 Å². The average molecular weight is 396 g/mol. The lowest BCUT2D eigenvalue weighted by Crippen LogP contribution is -2.36. The van der Waals surface area contributed by atoms with Gasteiger partial charge >= 0.3 is 0 Å². The number of unbranched alkanes of at least 4 members (excludes halogenated alkanes) is 1. The van der Waals surface area contributed by atoms with Gasteiger partial charge in [-0.25, -0.2) is 0 Å². The third-order valence-corrected chi connectivity index (χ3v) is 4.97. The minimum atomic E-state index is -0.652. The number of ether oxygens (including phenoxy) is 2. The van der Waals surface area contributed by atoms with E-state index in [1.165, 1.54) is 6.92 Å². The van der Waals surface area contributed by atoms with Crippen molar-refractivity contribution < 1.29 is 19.1 Å². The van der Waals surface area contributed by atoms with E-state index in [1.807, 2.05) is 43.3 Å². The summed E-state index contributed by atoms with van der Waals surface area (Å²) >= 11 is 0. The lowest BCUT2D eigenvalue weighted by atomic mass is 10.1. The van der Waals surface area contributed by atoms with Crippen molar-refractivity contribution in [1.82, 2.24) is 5.32 Å². The Labute approximate surface area is 171 Å². The molecule has 2 amide bonds. The fraction of sp³-hybridized carbons (Fsp3) is 0.391. The lowest BCUT2D eigenvalue weighted by molar-refractivity contribution is -0.126. The molecule has 3 rings (SSSR count). The van der Waals surface area contributed by atoms with Crippen molar-refractivity contribution in [2.75, 3.05) is 18.6 Å². The number of hydrogen-bond donors (Lipinski definition) is 1. The Hall–Kier alpha value is -3.02. The summed E-state index contributed by atoms with van der Waals surface area (Å²) in [6.07, 6.45) is 2.04. The van der Waals surface area contributed by atoms with Crippen LogP contribution in [0.15, 0.2) is 36.4 Å². The summed E-state index contributed by atoms with van der Waals surface area (Å²) in [5.41, 5.74) is 3.62. The molecule has 2 aromatic carbocycles. The van der Waals surface area contributed by atoms with E-state index in [4.69, 9.17) is 9.47 Å². The monoisotopic (exact) mass is 396 g/mol. The molecule has 0 aliphatic carbocycles. The predicted octanol–water partition coefficient (Wildman–Crippen LogP) is 3.91. The molecule has 6 nitrogen and oxygen atoms in total. The molecule has 1 atom stereocenters. The van der Waals surface area contributed by atoms with Crippen LogP contribution in [0.3, 0.4) is 0 Å². The molecular formula is C23H28N2O4. The van der Waals surface area contributed by atoms with E-state index in [2.05, 4.69) is 12.2 Å². The number of aryl methyl sites for hydroxylation is 1. The highest BCUT2D eigenvalue weighted by atomic mass is 16.5. The number of benzene rings is 2. The maximum Gasteiger partial charge on any atom is 0.254 e.